The van der Waals surface area contributed by atoms with Crippen LogP contribution in [0.1, 0.15) is 27.7 Å². The molecule has 30 heavy (non-hydrogen) atoms. The number of hydrogen-bond donors (Lipinski definition) is 0. The molecule has 1 aromatic heterocycles. The van der Waals surface area contributed by atoms with Gasteiger partial charge >= 0.3 is 7.12 Å². The third-order valence-electron chi connectivity index (χ3n) is 6.92. The molecule has 148 valence electrons. The first-order chi connectivity index (χ1) is 14.4. The Bertz CT molecular complexity index is 1450. The molecule has 0 radical (unpaired) electrons. The van der Waals surface area contributed by atoms with E-state index in [4.69, 9.17) is 13.7 Å². The van der Waals surface area contributed by atoms with Crippen molar-refractivity contribution in [1.82, 2.24) is 0 Å². The third kappa shape index (κ3) is 2.35. The molecule has 2 heterocycles. The van der Waals surface area contributed by atoms with Gasteiger partial charge in [-0.25, -0.2) is 0 Å². The first kappa shape index (κ1) is 18.0. The lowest BCUT2D eigenvalue weighted by Crippen LogP contribution is -2.41. The van der Waals surface area contributed by atoms with Crippen LogP contribution in [0.5, 0.6) is 0 Å². The molecule has 4 heteroatoms. The molecule has 3 nitrogen and oxygen atoms in total. The number of furan rings is 1. The summed E-state index contributed by atoms with van der Waals surface area (Å²) < 4.78 is 19.2. The summed E-state index contributed by atoms with van der Waals surface area (Å²) >= 11 is 0. The zero-order chi connectivity index (χ0) is 20.7. The van der Waals surface area contributed by atoms with Crippen LogP contribution in [0, 0.1) is 0 Å². The van der Waals surface area contributed by atoms with Crippen molar-refractivity contribution in [3.05, 3.63) is 66.7 Å². The van der Waals surface area contributed by atoms with Crippen molar-refractivity contribution >= 4 is 56.1 Å². The van der Waals surface area contributed by atoms with Gasteiger partial charge in [-0.3, -0.25) is 0 Å². The van der Waals surface area contributed by atoms with Crippen LogP contribution in [0.3, 0.4) is 0 Å². The molecule has 1 aliphatic rings. The third-order valence-corrected chi connectivity index (χ3v) is 6.92. The molecule has 0 bridgehead atoms. The maximum atomic E-state index is 6.53. The number of benzene rings is 4. The topological polar surface area (TPSA) is 31.6 Å². The van der Waals surface area contributed by atoms with Crippen LogP contribution < -0.4 is 5.46 Å². The molecule has 0 spiro atoms. The van der Waals surface area contributed by atoms with E-state index in [2.05, 4.69) is 88.4 Å². The van der Waals surface area contributed by atoms with Gasteiger partial charge in [0.1, 0.15) is 11.2 Å². The summed E-state index contributed by atoms with van der Waals surface area (Å²) in [6.45, 7) is 8.30. The van der Waals surface area contributed by atoms with E-state index >= 15 is 0 Å². The van der Waals surface area contributed by atoms with E-state index in [9.17, 15) is 0 Å². The molecule has 0 unspecified atom stereocenters. The largest absolute Gasteiger partial charge is 0.498 e. The minimum absolute atomic E-state index is 0.391. The van der Waals surface area contributed by atoms with E-state index < -0.39 is 18.3 Å². The van der Waals surface area contributed by atoms with Gasteiger partial charge in [0.2, 0.25) is 0 Å². The van der Waals surface area contributed by atoms with Crippen LogP contribution in [-0.4, -0.2) is 18.3 Å². The molecule has 5 aromatic rings. The highest BCUT2D eigenvalue weighted by atomic mass is 16.7. The second-order valence-electron chi connectivity index (χ2n) is 9.24. The molecule has 0 saturated carbocycles. The quantitative estimate of drug-likeness (QED) is 0.251. The zero-order valence-corrected chi connectivity index (χ0v) is 17.7. The van der Waals surface area contributed by atoms with E-state index in [1.807, 2.05) is 6.07 Å². The normalized spacial score (nSPS) is 18.2. The second-order valence-corrected chi connectivity index (χ2v) is 9.24. The average Bonchev–Trinajstić information content (AvgIpc) is 3.21. The highest BCUT2D eigenvalue weighted by Gasteiger charge is 2.52. The minimum atomic E-state index is -0.452. The maximum Gasteiger partial charge on any atom is 0.498 e. The first-order valence-electron chi connectivity index (χ1n) is 10.5. The summed E-state index contributed by atoms with van der Waals surface area (Å²) in [7, 11) is -0.452. The summed E-state index contributed by atoms with van der Waals surface area (Å²) in [6.07, 6.45) is 0. The molecule has 0 amide bonds. The van der Waals surface area contributed by atoms with Crippen molar-refractivity contribution in [2.75, 3.05) is 0 Å². The van der Waals surface area contributed by atoms with E-state index in [0.29, 0.717) is 0 Å². The van der Waals surface area contributed by atoms with Crippen LogP contribution >= 0.6 is 0 Å². The molecule has 0 atom stereocenters. The summed E-state index contributed by atoms with van der Waals surface area (Å²) in [5.41, 5.74) is 1.91. The fourth-order valence-corrected chi connectivity index (χ4v) is 4.52. The fourth-order valence-electron chi connectivity index (χ4n) is 4.52. The summed E-state index contributed by atoms with van der Waals surface area (Å²) in [6, 6.07) is 23.4. The van der Waals surface area contributed by atoms with E-state index in [-0.39, 0.29) is 0 Å². The van der Waals surface area contributed by atoms with Crippen molar-refractivity contribution in [3.8, 4) is 0 Å². The SMILES string of the molecule is CC1(C)OB(c2cccc3c2oc2c3ccc3c4ccccc4ccc32)OC1(C)C. The molecule has 1 fully saturated rings. The highest BCUT2D eigenvalue weighted by molar-refractivity contribution is 6.65. The summed E-state index contributed by atoms with van der Waals surface area (Å²) in [5.74, 6) is 0. The van der Waals surface area contributed by atoms with E-state index in [0.717, 1.165) is 32.8 Å². The smallest absolute Gasteiger partial charge is 0.456 e. The minimum Gasteiger partial charge on any atom is -0.456 e. The van der Waals surface area contributed by atoms with Crippen LogP contribution in [-0.2, 0) is 9.31 Å². The van der Waals surface area contributed by atoms with Crippen LogP contribution in [0.2, 0.25) is 0 Å². The van der Waals surface area contributed by atoms with Crippen LogP contribution in [0.15, 0.2) is 71.1 Å². The van der Waals surface area contributed by atoms with Crippen molar-refractivity contribution < 1.29 is 13.7 Å². The predicted molar refractivity (Wildman–Crippen MR) is 124 cm³/mol. The monoisotopic (exact) mass is 394 g/mol. The molecular formula is C26H23BO3. The van der Waals surface area contributed by atoms with Gasteiger partial charge in [0.05, 0.1) is 11.2 Å². The molecule has 0 aliphatic carbocycles. The summed E-state index contributed by atoms with van der Waals surface area (Å²) in [4.78, 5) is 0. The molecular weight excluding hydrogens is 371 g/mol. The molecule has 6 rings (SSSR count). The van der Waals surface area contributed by atoms with Gasteiger partial charge in [-0.15, -0.1) is 0 Å². The van der Waals surface area contributed by atoms with Gasteiger partial charge in [0, 0.05) is 21.6 Å². The Balaban J connectivity index is 1.62. The van der Waals surface area contributed by atoms with Gasteiger partial charge in [0.15, 0.2) is 0 Å². The molecule has 1 aliphatic heterocycles. The Morgan fingerprint density at radius 2 is 1.17 bits per heavy atom. The van der Waals surface area contributed by atoms with Gasteiger partial charge in [-0.05, 0) is 56.0 Å². The average molecular weight is 394 g/mol. The van der Waals surface area contributed by atoms with Gasteiger partial charge in [-0.1, -0.05) is 54.6 Å². The number of para-hydroxylation sites is 1. The Labute approximate surface area is 175 Å². The number of hydrogen-bond acceptors (Lipinski definition) is 3. The van der Waals surface area contributed by atoms with Crippen LogP contribution in [0.25, 0.3) is 43.5 Å². The Morgan fingerprint density at radius 3 is 1.97 bits per heavy atom. The fraction of sp³-hybridized carbons (Fsp3) is 0.231. The predicted octanol–water partition coefficient (Wildman–Crippen LogP) is 6.19. The van der Waals surface area contributed by atoms with Crippen molar-refractivity contribution in [1.29, 1.82) is 0 Å². The highest BCUT2D eigenvalue weighted by Crippen LogP contribution is 2.39. The number of rotatable bonds is 1. The van der Waals surface area contributed by atoms with E-state index in [1.165, 1.54) is 16.2 Å². The van der Waals surface area contributed by atoms with Gasteiger partial charge < -0.3 is 13.7 Å². The molecule has 0 N–H and O–H groups in total. The Morgan fingerprint density at radius 1 is 0.567 bits per heavy atom. The lowest BCUT2D eigenvalue weighted by Gasteiger charge is -2.32. The van der Waals surface area contributed by atoms with Crippen molar-refractivity contribution in [3.63, 3.8) is 0 Å². The lowest BCUT2D eigenvalue weighted by molar-refractivity contribution is 0.00578. The zero-order valence-electron chi connectivity index (χ0n) is 17.7. The molecule has 4 aromatic carbocycles. The maximum absolute atomic E-state index is 6.53. The standard InChI is InChI=1S/C26H23BO3/c1-25(2)26(3,4)30-27(29-25)22-11-7-10-19-21-15-14-18-17-9-6-5-8-16(17)12-13-20(18)23(21)28-24(19)22/h5-15H,1-4H3. The second kappa shape index (κ2) is 5.87. The summed E-state index contributed by atoms with van der Waals surface area (Å²) in [5, 5.41) is 7.01. The Hall–Kier alpha value is -2.82. The van der Waals surface area contributed by atoms with Gasteiger partial charge in [-0.2, -0.15) is 0 Å². The number of fused-ring (bicyclic) bond motifs is 7. The molecule has 1 saturated heterocycles. The van der Waals surface area contributed by atoms with Crippen molar-refractivity contribution in [2.45, 2.75) is 38.9 Å². The van der Waals surface area contributed by atoms with E-state index in [1.54, 1.807) is 0 Å². The first-order valence-corrected chi connectivity index (χ1v) is 10.5. The Kier molecular flexibility index (Phi) is 3.52. The van der Waals surface area contributed by atoms with Gasteiger partial charge in [0.25, 0.3) is 0 Å². The van der Waals surface area contributed by atoms with Crippen LogP contribution in [0.4, 0.5) is 0 Å². The van der Waals surface area contributed by atoms with Crippen molar-refractivity contribution in [2.24, 2.45) is 0 Å². The lowest BCUT2D eigenvalue weighted by atomic mass is 9.78.